The number of hydrogen-bond acceptors (Lipinski definition) is 8. The molecule has 0 fully saturated rings. The molecule has 1 aromatic heterocycles. The molecule has 0 atom stereocenters. The van der Waals surface area contributed by atoms with Crippen LogP contribution in [0.3, 0.4) is 0 Å². The van der Waals surface area contributed by atoms with Gasteiger partial charge in [-0.2, -0.15) is 0 Å². The van der Waals surface area contributed by atoms with Crippen molar-refractivity contribution in [3.05, 3.63) is 33.5 Å². The maximum Gasteiger partial charge on any atom is 0.239 e. The number of aromatic hydroxyl groups is 4. The summed E-state index contributed by atoms with van der Waals surface area (Å²) in [6.07, 6.45) is 0. The standard InChI is InChI=1S/C19H18O8/c1-7-13(22)8(2)16-12(14(7)23)15(24)19(26-4)17(27-16)9-5-10(20)18(25-3)11(21)6-9/h5-6,20-23H,1-4H3. The van der Waals surface area contributed by atoms with E-state index in [1.54, 1.807) is 0 Å². The highest BCUT2D eigenvalue weighted by Crippen LogP contribution is 2.44. The van der Waals surface area contributed by atoms with Gasteiger partial charge in [0, 0.05) is 16.7 Å². The van der Waals surface area contributed by atoms with Gasteiger partial charge in [0.25, 0.3) is 0 Å². The quantitative estimate of drug-likeness (QED) is 0.551. The lowest BCUT2D eigenvalue weighted by Gasteiger charge is -2.15. The van der Waals surface area contributed by atoms with Crippen molar-refractivity contribution in [2.75, 3.05) is 14.2 Å². The van der Waals surface area contributed by atoms with Gasteiger partial charge in [-0.25, -0.2) is 0 Å². The Labute approximate surface area is 153 Å². The number of aryl methyl sites for hydroxylation is 1. The third kappa shape index (κ3) is 2.57. The second-order valence-corrected chi connectivity index (χ2v) is 5.99. The molecule has 2 aromatic carbocycles. The summed E-state index contributed by atoms with van der Waals surface area (Å²) in [7, 11) is 2.53. The van der Waals surface area contributed by atoms with Crippen LogP contribution < -0.4 is 14.9 Å². The number of methoxy groups -OCH3 is 2. The lowest BCUT2D eigenvalue weighted by Crippen LogP contribution is -2.09. The summed E-state index contributed by atoms with van der Waals surface area (Å²) < 4.78 is 15.8. The number of phenols is 4. The van der Waals surface area contributed by atoms with Crippen LogP contribution in [0.25, 0.3) is 22.3 Å². The van der Waals surface area contributed by atoms with E-state index in [2.05, 4.69) is 0 Å². The van der Waals surface area contributed by atoms with Gasteiger partial charge in [0.2, 0.25) is 16.9 Å². The topological polar surface area (TPSA) is 130 Å². The number of fused-ring (bicyclic) bond motifs is 1. The fourth-order valence-corrected chi connectivity index (χ4v) is 3.00. The summed E-state index contributed by atoms with van der Waals surface area (Å²) in [6.45, 7) is 3.00. The number of ether oxygens (including phenoxy) is 2. The zero-order valence-electron chi connectivity index (χ0n) is 15.1. The van der Waals surface area contributed by atoms with Crippen molar-refractivity contribution >= 4 is 11.0 Å². The summed E-state index contributed by atoms with van der Waals surface area (Å²) in [5.41, 5.74) is -0.163. The number of phenolic OH excluding ortho intramolecular Hbond substituents is 4. The Morgan fingerprint density at radius 3 is 1.93 bits per heavy atom. The van der Waals surface area contributed by atoms with E-state index < -0.39 is 11.2 Å². The van der Waals surface area contributed by atoms with E-state index in [-0.39, 0.29) is 62.2 Å². The van der Waals surface area contributed by atoms with Crippen LogP contribution in [0.4, 0.5) is 0 Å². The predicted molar refractivity (Wildman–Crippen MR) is 97.2 cm³/mol. The van der Waals surface area contributed by atoms with Gasteiger partial charge in [-0.3, -0.25) is 4.79 Å². The van der Waals surface area contributed by atoms with Crippen LogP contribution in [0.5, 0.6) is 34.5 Å². The molecule has 3 aromatic rings. The van der Waals surface area contributed by atoms with Crippen molar-refractivity contribution in [1.82, 2.24) is 0 Å². The first kappa shape index (κ1) is 18.2. The highest BCUT2D eigenvalue weighted by molar-refractivity contribution is 5.92. The summed E-state index contributed by atoms with van der Waals surface area (Å²) in [5.74, 6) is -1.82. The molecule has 1 heterocycles. The Bertz CT molecular complexity index is 1100. The van der Waals surface area contributed by atoms with Gasteiger partial charge >= 0.3 is 0 Å². The molecule has 0 bridgehead atoms. The van der Waals surface area contributed by atoms with Gasteiger partial charge in [0.1, 0.15) is 22.5 Å². The van der Waals surface area contributed by atoms with Gasteiger partial charge in [0.05, 0.1) is 14.2 Å². The van der Waals surface area contributed by atoms with E-state index in [0.717, 1.165) is 0 Å². The Hall–Kier alpha value is -3.55. The van der Waals surface area contributed by atoms with Crippen LogP contribution in [0.15, 0.2) is 21.3 Å². The summed E-state index contributed by atoms with van der Waals surface area (Å²) >= 11 is 0. The fraction of sp³-hybridized carbons (Fsp3) is 0.211. The zero-order valence-corrected chi connectivity index (χ0v) is 15.1. The second-order valence-electron chi connectivity index (χ2n) is 5.99. The highest BCUT2D eigenvalue weighted by atomic mass is 16.5. The van der Waals surface area contributed by atoms with E-state index in [0.29, 0.717) is 0 Å². The molecule has 0 aliphatic heterocycles. The summed E-state index contributed by atoms with van der Waals surface area (Å²) in [5, 5.41) is 40.4. The van der Waals surface area contributed by atoms with E-state index >= 15 is 0 Å². The highest BCUT2D eigenvalue weighted by Gasteiger charge is 2.25. The van der Waals surface area contributed by atoms with Crippen LogP contribution in [0.1, 0.15) is 11.1 Å². The van der Waals surface area contributed by atoms with E-state index in [1.807, 2.05) is 0 Å². The minimum atomic E-state index is -0.660. The van der Waals surface area contributed by atoms with Gasteiger partial charge in [0.15, 0.2) is 17.3 Å². The van der Waals surface area contributed by atoms with Crippen molar-refractivity contribution in [1.29, 1.82) is 0 Å². The van der Waals surface area contributed by atoms with Gasteiger partial charge in [-0.05, 0) is 26.0 Å². The summed E-state index contributed by atoms with van der Waals surface area (Å²) in [4.78, 5) is 12.9. The first-order valence-electron chi connectivity index (χ1n) is 7.89. The minimum absolute atomic E-state index is 0.0359. The Balaban J connectivity index is 2.47. The molecule has 4 N–H and O–H groups in total. The molecule has 8 nitrogen and oxygen atoms in total. The van der Waals surface area contributed by atoms with E-state index in [9.17, 15) is 25.2 Å². The Morgan fingerprint density at radius 1 is 0.852 bits per heavy atom. The first-order chi connectivity index (χ1) is 12.7. The fourth-order valence-electron chi connectivity index (χ4n) is 3.00. The number of rotatable bonds is 3. The predicted octanol–water partition coefficient (Wildman–Crippen LogP) is 2.92. The first-order valence-corrected chi connectivity index (χ1v) is 7.89. The molecular weight excluding hydrogens is 356 g/mol. The van der Waals surface area contributed by atoms with Gasteiger partial charge < -0.3 is 34.3 Å². The maximum atomic E-state index is 12.9. The van der Waals surface area contributed by atoms with Gasteiger partial charge in [-0.15, -0.1) is 0 Å². The lowest BCUT2D eigenvalue weighted by molar-refractivity contribution is 0.344. The lowest BCUT2D eigenvalue weighted by atomic mass is 10.0. The molecule has 142 valence electrons. The van der Waals surface area contributed by atoms with Crippen LogP contribution in [-0.4, -0.2) is 34.6 Å². The van der Waals surface area contributed by atoms with Gasteiger partial charge in [-0.1, -0.05) is 0 Å². The molecule has 0 saturated carbocycles. The maximum absolute atomic E-state index is 12.9. The average Bonchev–Trinajstić information content (AvgIpc) is 2.63. The van der Waals surface area contributed by atoms with Crippen molar-refractivity contribution in [2.45, 2.75) is 13.8 Å². The van der Waals surface area contributed by atoms with Crippen LogP contribution in [0, 0.1) is 13.8 Å². The smallest absolute Gasteiger partial charge is 0.239 e. The average molecular weight is 374 g/mol. The Morgan fingerprint density at radius 2 is 1.41 bits per heavy atom. The van der Waals surface area contributed by atoms with Crippen LogP contribution in [-0.2, 0) is 0 Å². The molecule has 0 aliphatic carbocycles. The normalized spacial score (nSPS) is 11.0. The molecule has 3 rings (SSSR count). The van der Waals surface area contributed by atoms with Crippen molar-refractivity contribution in [2.24, 2.45) is 0 Å². The molecular formula is C19H18O8. The SMILES string of the molecule is COc1c(O)cc(-c2oc3c(C)c(O)c(C)c(O)c3c(=O)c2OC)cc1O. The molecule has 0 aliphatic rings. The van der Waals surface area contributed by atoms with Crippen molar-refractivity contribution in [3.63, 3.8) is 0 Å². The zero-order chi connectivity index (χ0) is 20.0. The van der Waals surface area contributed by atoms with Crippen molar-refractivity contribution < 1.29 is 34.3 Å². The van der Waals surface area contributed by atoms with E-state index in [1.165, 1.54) is 40.2 Å². The molecule has 0 saturated heterocycles. The molecule has 0 amide bonds. The molecule has 27 heavy (non-hydrogen) atoms. The van der Waals surface area contributed by atoms with Crippen molar-refractivity contribution in [3.8, 4) is 45.8 Å². The van der Waals surface area contributed by atoms with E-state index in [4.69, 9.17) is 13.9 Å². The molecule has 0 spiro atoms. The number of benzene rings is 2. The molecule has 0 radical (unpaired) electrons. The van der Waals surface area contributed by atoms with Crippen LogP contribution in [0.2, 0.25) is 0 Å². The third-order valence-corrected chi connectivity index (χ3v) is 4.43. The largest absolute Gasteiger partial charge is 0.507 e. The Kier molecular flexibility index (Phi) is 4.27. The minimum Gasteiger partial charge on any atom is -0.507 e. The molecule has 0 unspecified atom stereocenters. The second kappa shape index (κ2) is 6.31. The van der Waals surface area contributed by atoms with Crippen LogP contribution >= 0.6 is 0 Å². The monoisotopic (exact) mass is 374 g/mol. The molecule has 8 heteroatoms. The third-order valence-electron chi connectivity index (χ3n) is 4.43. The number of hydrogen-bond donors (Lipinski definition) is 4. The summed E-state index contributed by atoms with van der Waals surface area (Å²) in [6, 6.07) is 2.46.